The number of aromatic hydroxyl groups is 1. The Balaban J connectivity index is 2.09. The van der Waals surface area contributed by atoms with E-state index >= 15 is 0 Å². The van der Waals surface area contributed by atoms with E-state index in [1.807, 2.05) is 19.1 Å². The maximum Gasteiger partial charge on any atom is 0.229 e. The Bertz CT molecular complexity index is 459. The van der Waals surface area contributed by atoms with Gasteiger partial charge in [0.15, 0.2) is 0 Å². The highest BCUT2D eigenvalue weighted by molar-refractivity contribution is 5.94. The van der Waals surface area contributed by atoms with E-state index in [9.17, 15) is 9.90 Å². The molecule has 0 bridgehead atoms. The Morgan fingerprint density at radius 1 is 1.42 bits per heavy atom. The smallest absolute Gasteiger partial charge is 0.229 e. The van der Waals surface area contributed by atoms with Crippen molar-refractivity contribution in [1.29, 1.82) is 0 Å². The number of benzene rings is 1. The van der Waals surface area contributed by atoms with Gasteiger partial charge in [-0.25, -0.2) is 0 Å². The molecule has 4 heteroatoms. The molecule has 2 atom stereocenters. The minimum Gasteiger partial charge on any atom is -0.506 e. The lowest BCUT2D eigenvalue weighted by Gasteiger charge is -2.27. The van der Waals surface area contributed by atoms with Crippen LogP contribution in [0.3, 0.4) is 0 Å². The maximum absolute atomic E-state index is 12.2. The van der Waals surface area contributed by atoms with Crippen molar-refractivity contribution in [1.82, 2.24) is 0 Å². The summed E-state index contributed by atoms with van der Waals surface area (Å²) in [7, 11) is 0. The molecule has 0 aromatic heterocycles. The number of phenolic OH excluding ortho intramolecular Hbond substituents is 1. The third-order valence-corrected chi connectivity index (χ3v) is 3.88. The van der Waals surface area contributed by atoms with E-state index in [1.165, 1.54) is 0 Å². The molecule has 2 unspecified atom stereocenters. The van der Waals surface area contributed by atoms with Gasteiger partial charge in [0.1, 0.15) is 5.75 Å². The highest BCUT2D eigenvalue weighted by Gasteiger charge is 2.28. The zero-order valence-corrected chi connectivity index (χ0v) is 11.4. The minimum atomic E-state index is -0.140. The summed E-state index contributed by atoms with van der Waals surface area (Å²) < 4.78 is 0. The van der Waals surface area contributed by atoms with Crippen LogP contribution in [0.1, 0.15) is 38.2 Å². The number of anilines is 1. The van der Waals surface area contributed by atoms with Crippen LogP contribution < -0.4 is 11.1 Å². The molecule has 0 spiro atoms. The van der Waals surface area contributed by atoms with E-state index in [1.54, 1.807) is 6.07 Å². The van der Waals surface area contributed by atoms with Crippen LogP contribution in [-0.2, 0) is 11.2 Å². The third-order valence-electron chi connectivity index (χ3n) is 3.88. The lowest BCUT2D eigenvalue weighted by Crippen LogP contribution is -2.40. The first-order valence-corrected chi connectivity index (χ1v) is 7.00. The first-order chi connectivity index (χ1) is 9.11. The number of carbonyl (C=O) groups is 1. The molecule has 19 heavy (non-hydrogen) atoms. The Labute approximate surface area is 114 Å². The minimum absolute atomic E-state index is 0.0646. The van der Waals surface area contributed by atoms with Gasteiger partial charge < -0.3 is 16.2 Å². The largest absolute Gasteiger partial charge is 0.506 e. The van der Waals surface area contributed by atoms with Gasteiger partial charge in [-0.2, -0.15) is 0 Å². The Hall–Kier alpha value is -1.55. The zero-order chi connectivity index (χ0) is 13.8. The fourth-order valence-electron chi connectivity index (χ4n) is 2.61. The summed E-state index contributed by atoms with van der Waals surface area (Å²) in [6, 6.07) is 5.24. The van der Waals surface area contributed by atoms with Crippen molar-refractivity contribution in [3.8, 4) is 5.75 Å². The van der Waals surface area contributed by atoms with Crippen molar-refractivity contribution in [2.24, 2.45) is 11.7 Å². The molecule has 104 valence electrons. The number of nitrogens with two attached hydrogens (primary N) is 1. The number of nitrogens with one attached hydrogen (secondary N) is 1. The fraction of sp³-hybridized carbons (Fsp3) is 0.533. The van der Waals surface area contributed by atoms with E-state index < -0.39 is 0 Å². The second-order valence-electron chi connectivity index (χ2n) is 5.25. The summed E-state index contributed by atoms with van der Waals surface area (Å²) in [6.45, 7) is 2.04. The number of aryl methyl sites for hydroxylation is 1. The second-order valence-corrected chi connectivity index (χ2v) is 5.25. The molecule has 4 N–H and O–H groups in total. The molecule has 1 aliphatic carbocycles. The fourth-order valence-corrected chi connectivity index (χ4v) is 2.61. The van der Waals surface area contributed by atoms with Gasteiger partial charge in [0.05, 0.1) is 11.6 Å². The van der Waals surface area contributed by atoms with Crippen molar-refractivity contribution in [2.45, 2.75) is 45.1 Å². The number of hydrogen-bond acceptors (Lipinski definition) is 3. The molecule has 1 aromatic rings. The van der Waals surface area contributed by atoms with Gasteiger partial charge in [-0.1, -0.05) is 25.8 Å². The van der Waals surface area contributed by atoms with E-state index in [0.717, 1.165) is 37.7 Å². The summed E-state index contributed by atoms with van der Waals surface area (Å²) in [5, 5.41) is 12.6. The zero-order valence-electron chi connectivity index (χ0n) is 11.4. The number of carbonyl (C=O) groups excluding carboxylic acids is 1. The maximum atomic E-state index is 12.2. The molecule has 2 rings (SSSR count). The molecule has 1 aliphatic rings. The molecule has 1 amide bonds. The number of phenols is 1. The third kappa shape index (κ3) is 3.26. The standard InChI is InChI=1S/C15H22N2O2/c1-2-10-7-8-14(18)13(9-10)17-15(19)11-5-3-4-6-12(11)16/h7-9,11-12,18H,2-6,16H2,1H3,(H,17,19). The van der Waals surface area contributed by atoms with Crippen LogP contribution >= 0.6 is 0 Å². The van der Waals surface area contributed by atoms with Crippen LogP contribution in [0.4, 0.5) is 5.69 Å². The SMILES string of the molecule is CCc1ccc(O)c(NC(=O)C2CCCCC2N)c1. The van der Waals surface area contributed by atoms with E-state index in [4.69, 9.17) is 5.73 Å². The summed E-state index contributed by atoms with van der Waals surface area (Å²) in [6.07, 6.45) is 4.75. The predicted octanol–water partition coefficient (Wildman–Crippen LogP) is 2.41. The van der Waals surface area contributed by atoms with Gasteiger partial charge in [0.2, 0.25) is 5.91 Å². The van der Waals surface area contributed by atoms with Crippen molar-refractivity contribution >= 4 is 11.6 Å². The topological polar surface area (TPSA) is 75.3 Å². The summed E-state index contributed by atoms with van der Waals surface area (Å²) in [4.78, 5) is 12.2. The molecule has 0 heterocycles. The average Bonchev–Trinajstić information content (AvgIpc) is 2.41. The van der Waals surface area contributed by atoms with Crippen molar-refractivity contribution < 1.29 is 9.90 Å². The number of amides is 1. The van der Waals surface area contributed by atoms with Gasteiger partial charge >= 0.3 is 0 Å². The predicted molar refractivity (Wildman–Crippen MR) is 76.0 cm³/mol. The van der Waals surface area contributed by atoms with Gasteiger partial charge in [-0.15, -0.1) is 0 Å². The molecule has 0 aliphatic heterocycles. The van der Waals surface area contributed by atoms with Gasteiger partial charge in [-0.3, -0.25) is 4.79 Å². The van der Waals surface area contributed by atoms with Gasteiger partial charge in [-0.05, 0) is 37.0 Å². The lowest BCUT2D eigenvalue weighted by molar-refractivity contribution is -0.121. The van der Waals surface area contributed by atoms with Crippen molar-refractivity contribution in [2.75, 3.05) is 5.32 Å². The van der Waals surface area contributed by atoms with Crippen molar-refractivity contribution in [3.63, 3.8) is 0 Å². The first-order valence-electron chi connectivity index (χ1n) is 7.00. The molecule has 1 fully saturated rings. The van der Waals surface area contributed by atoms with Crippen molar-refractivity contribution in [3.05, 3.63) is 23.8 Å². The van der Waals surface area contributed by atoms with Crippen LogP contribution in [0, 0.1) is 5.92 Å². The van der Waals surface area contributed by atoms with Crippen LogP contribution in [0.15, 0.2) is 18.2 Å². The highest BCUT2D eigenvalue weighted by atomic mass is 16.3. The highest BCUT2D eigenvalue weighted by Crippen LogP contribution is 2.28. The van der Waals surface area contributed by atoms with Crippen LogP contribution in [0.25, 0.3) is 0 Å². The molecule has 1 saturated carbocycles. The molecule has 4 nitrogen and oxygen atoms in total. The Kier molecular flexibility index (Phi) is 4.43. The van der Waals surface area contributed by atoms with E-state index in [-0.39, 0.29) is 23.6 Å². The van der Waals surface area contributed by atoms with Crippen LogP contribution in [-0.4, -0.2) is 17.1 Å². The van der Waals surface area contributed by atoms with E-state index in [0.29, 0.717) is 5.69 Å². The monoisotopic (exact) mass is 262 g/mol. The second kappa shape index (κ2) is 6.06. The van der Waals surface area contributed by atoms with Gasteiger partial charge in [0.25, 0.3) is 0 Å². The Morgan fingerprint density at radius 3 is 2.84 bits per heavy atom. The van der Waals surface area contributed by atoms with Crippen LogP contribution in [0.2, 0.25) is 0 Å². The molecular weight excluding hydrogens is 240 g/mol. The summed E-state index contributed by atoms with van der Waals surface area (Å²) in [5.41, 5.74) is 7.58. The van der Waals surface area contributed by atoms with E-state index in [2.05, 4.69) is 5.32 Å². The molecule has 1 aromatic carbocycles. The van der Waals surface area contributed by atoms with Crippen LogP contribution in [0.5, 0.6) is 5.75 Å². The quantitative estimate of drug-likeness (QED) is 0.732. The van der Waals surface area contributed by atoms with Gasteiger partial charge in [0, 0.05) is 6.04 Å². The normalized spacial score (nSPS) is 23.1. The summed E-state index contributed by atoms with van der Waals surface area (Å²) >= 11 is 0. The summed E-state index contributed by atoms with van der Waals surface area (Å²) in [5.74, 6) is -0.107. The molecule has 0 saturated heterocycles. The number of rotatable bonds is 3. The number of hydrogen-bond donors (Lipinski definition) is 3. The molecular formula is C15H22N2O2. The lowest BCUT2D eigenvalue weighted by atomic mass is 9.84. The first kappa shape index (κ1) is 13.9. The Morgan fingerprint density at radius 2 is 2.16 bits per heavy atom. The molecule has 0 radical (unpaired) electrons. The average molecular weight is 262 g/mol.